The monoisotopic (exact) mass is 318 g/mol. The number of nitrogens with two attached hydrogens (primary N) is 1. The van der Waals surface area contributed by atoms with Gasteiger partial charge in [0.15, 0.2) is 0 Å². The van der Waals surface area contributed by atoms with Gasteiger partial charge in [0.1, 0.15) is 5.75 Å². The Morgan fingerprint density at radius 1 is 1.26 bits per heavy atom. The highest BCUT2D eigenvalue weighted by molar-refractivity contribution is 5.28. The lowest BCUT2D eigenvalue weighted by molar-refractivity contribution is 0.0109. The summed E-state index contributed by atoms with van der Waals surface area (Å²) in [5, 5.41) is 0. The van der Waals surface area contributed by atoms with Crippen molar-refractivity contribution in [2.45, 2.75) is 44.8 Å². The molecule has 0 amide bonds. The lowest BCUT2D eigenvalue weighted by atomic mass is 9.69. The Morgan fingerprint density at radius 2 is 2.04 bits per heavy atom. The molecule has 128 valence electrons. The van der Waals surface area contributed by atoms with Crippen molar-refractivity contribution in [1.82, 2.24) is 4.90 Å². The smallest absolute Gasteiger partial charge is 0.119 e. The van der Waals surface area contributed by atoms with E-state index in [2.05, 4.69) is 17.0 Å². The summed E-state index contributed by atoms with van der Waals surface area (Å²) in [4.78, 5) is 2.59. The van der Waals surface area contributed by atoms with Gasteiger partial charge in [0.05, 0.1) is 13.2 Å². The van der Waals surface area contributed by atoms with Crippen molar-refractivity contribution in [3.05, 3.63) is 29.8 Å². The number of nitrogens with zero attached hydrogens (tertiary/aromatic N) is 1. The van der Waals surface area contributed by atoms with Gasteiger partial charge >= 0.3 is 0 Å². The molecule has 1 aliphatic heterocycles. The maximum atomic E-state index is 6.16. The number of benzene rings is 1. The highest BCUT2D eigenvalue weighted by Crippen LogP contribution is 2.42. The minimum atomic E-state index is 0.346. The topological polar surface area (TPSA) is 47.7 Å². The third-order valence-electron chi connectivity index (χ3n) is 5.36. The van der Waals surface area contributed by atoms with E-state index in [1.807, 2.05) is 12.1 Å². The second kappa shape index (κ2) is 7.65. The van der Waals surface area contributed by atoms with Crippen LogP contribution in [0.25, 0.3) is 0 Å². The Bertz CT molecular complexity index is 494. The van der Waals surface area contributed by atoms with Crippen molar-refractivity contribution in [3.63, 3.8) is 0 Å². The van der Waals surface area contributed by atoms with Gasteiger partial charge in [0.25, 0.3) is 0 Å². The molecule has 1 saturated carbocycles. The predicted octanol–water partition coefficient (Wildman–Crippen LogP) is 2.81. The van der Waals surface area contributed by atoms with Crippen LogP contribution < -0.4 is 10.5 Å². The van der Waals surface area contributed by atoms with E-state index in [1.165, 1.54) is 19.3 Å². The standard InChI is InChI=1S/C19H30N2O2/c1-22-13-16-4-2-5-18(12-16)23-15-19(8-3-9-19)14-21-10-6-17(20)7-11-21/h2,4-5,12,17H,3,6-11,13-15,20H2,1H3. The summed E-state index contributed by atoms with van der Waals surface area (Å²) in [7, 11) is 1.72. The van der Waals surface area contributed by atoms with Crippen molar-refractivity contribution >= 4 is 0 Å². The van der Waals surface area contributed by atoms with Gasteiger partial charge in [-0.15, -0.1) is 0 Å². The van der Waals surface area contributed by atoms with E-state index >= 15 is 0 Å². The van der Waals surface area contributed by atoms with E-state index in [4.69, 9.17) is 15.2 Å². The summed E-state index contributed by atoms with van der Waals surface area (Å²) in [6.45, 7) is 4.92. The lowest BCUT2D eigenvalue weighted by Crippen LogP contribution is -2.49. The molecule has 2 fully saturated rings. The van der Waals surface area contributed by atoms with Crippen molar-refractivity contribution in [1.29, 1.82) is 0 Å². The normalized spacial score (nSPS) is 21.8. The van der Waals surface area contributed by atoms with E-state index in [-0.39, 0.29) is 0 Å². The first kappa shape index (κ1) is 16.7. The lowest BCUT2D eigenvalue weighted by Gasteiger charge is -2.46. The van der Waals surface area contributed by atoms with Gasteiger partial charge in [-0.25, -0.2) is 0 Å². The van der Waals surface area contributed by atoms with E-state index in [9.17, 15) is 0 Å². The third-order valence-corrected chi connectivity index (χ3v) is 5.36. The van der Waals surface area contributed by atoms with Crippen LogP contribution in [-0.4, -0.2) is 44.3 Å². The first-order chi connectivity index (χ1) is 11.2. The fraction of sp³-hybridized carbons (Fsp3) is 0.684. The molecule has 0 radical (unpaired) electrons. The van der Waals surface area contributed by atoms with Crippen molar-refractivity contribution in [2.75, 3.05) is 33.4 Å². The molecule has 1 aliphatic carbocycles. The summed E-state index contributed by atoms with van der Waals surface area (Å²) in [5.74, 6) is 0.964. The molecule has 1 heterocycles. The Labute approximate surface area is 139 Å². The van der Waals surface area contributed by atoms with Crippen LogP contribution in [0, 0.1) is 5.41 Å². The van der Waals surface area contributed by atoms with Crippen LogP contribution in [0.1, 0.15) is 37.7 Å². The van der Waals surface area contributed by atoms with Crippen LogP contribution in [0.2, 0.25) is 0 Å². The summed E-state index contributed by atoms with van der Waals surface area (Å²) < 4.78 is 11.4. The fourth-order valence-electron chi connectivity index (χ4n) is 3.74. The van der Waals surface area contributed by atoms with Crippen LogP contribution >= 0.6 is 0 Å². The Kier molecular flexibility index (Phi) is 5.57. The third kappa shape index (κ3) is 4.46. The number of piperidine rings is 1. The van der Waals surface area contributed by atoms with Crippen LogP contribution in [0.15, 0.2) is 24.3 Å². The maximum absolute atomic E-state index is 6.16. The molecular weight excluding hydrogens is 288 g/mol. The molecule has 4 nitrogen and oxygen atoms in total. The summed E-state index contributed by atoms with van der Waals surface area (Å²) in [6, 6.07) is 8.67. The second-order valence-electron chi connectivity index (χ2n) is 7.34. The highest BCUT2D eigenvalue weighted by Gasteiger charge is 2.39. The van der Waals surface area contributed by atoms with Crippen LogP contribution in [0.5, 0.6) is 5.75 Å². The number of ether oxygens (including phenoxy) is 2. The van der Waals surface area contributed by atoms with Crippen molar-refractivity contribution in [2.24, 2.45) is 11.1 Å². The first-order valence-electron chi connectivity index (χ1n) is 8.88. The zero-order chi connectivity index (χ0) is 16.1. The average molecular weight is 318 g/mol. The van der Waals surface area contributed by atoms with Gasteiger partial charge in [0.2, 0.25) is 0 Å². The molecule has 3 rings (SSSR count). The second-order valence-corrected chi connectivity index (χ2v) is 7.34. The van der Waals surface area contributed by atoms with E-state index in [0.717, 1.165) is 50.4 Å². The maximum Gasteiger partial charge on any atom is 0.119 e. The van der Waals surface area contributed by atoms with E-state index in [1.54, 1.807) is 7.11 Å². The first-order valence-corrected chi connectivity index (χ1v) is 8.88. The minimum absolute atomic E-state index is 0.346. The zero-order valence-corrected chi connectivity index (χ0v) is 14.3. The molecule has 1 saturated heterocycles. The summed E-state index contributed by atoms with van der Waals surface area (Å²) in [6.07, 6.45) is 6.17. The molecule has 1 aromatic carbocycles. The van der Waals surface area contributed by atoms with Gasteiger partial charge in [-0.05, 0) is 56.5 Å². The van der Waals surface area contributed by atoms with Gasteiger partial charge in [0, 0.05) is 25.1 Å². The predicted molar refractivity (Wildman–Crippen MR) is 92.6 cm³/mol. The SMILES string of the molecule is COCc1cccc(OCC2(CN3CCC(N)CC3)CCC2)c1. The molecule has 0 bridgehead atoms. The highest BCUT2D eigenvalue weighted by atomic mass is 16.5. The summed E-state index contributed by atoms with van der Waals surface area (Å²) >= 11 is 0. The van der Waals surface area contributed by atoms with Crippen LogP contribution in [0.3, 0.4) is 0 Å². The zero-order valence-electron chi connectivity index (χ0n) is 14.3. The van der Waals surface area contributed by atoms with Crippen LogP contribution in [-0.2, 0) is 11.3 Å². The number of likely N-dealkylation sites (tertiary alicyclic amines) is 1. The van der Waals surface area contributed by atoms with Gasteiger partial charge in [-0.2, -0.15) is 0 Å². The van der Waals surface area contributed by atoms with Crippen LogP contribution in [0.4, 0.5) is 0 Å². The number of rotatable bonds is 7. The number of hydrogen-bond donors (Lipinski definition) is 1. The van der Waals surface area contributed by atoms with Gasteiger partial charge in [-0.1, -0.05) is 18.6 Å². The van der Waals surface area contributed by atoms with E-state index in [0.29, 0.717) is 18.1 Å². The average Bonchev–Trinajstić information content (AvgIpc) is 2.52. The van der Waals surface area contributed by atoms with Gasteiger partial charge in [-0.3, -0.25) is 0 Å². The molecule has 0 unspecified atom stereocenters. The largest absolute Gasteiger partial charge is 0.493 e. The molecule has 2 N–H and O–H groups in total. The molecule has 0 aromatic heterocycles. The molecule has 1 aromatic rings. The Balaban J connectivity index is 1.53. The molecule has 0 atom stereocenters. The quantitative estimate of drug-likeness (QED) is 0.840. The minimum Gasteiger partial charge on any atom is -0.493 e. The molecule has 23 heavy (non-hydrogen) atoms. The summed E-state index contributed by atoms with van der Waals surface area (Å²) in [5.41, 5.74) is 7.53. The molecular formula is C19H30N2O2. The van der Waals surface area contributed by atoms with Gasteiger partial charge < -0.3 is 20.1 Å². The molecule has 0 spiro atoms. The Hall–Kier alpha value is -1.10. The fourth-order valence-corrected chi connectivity index (χ4v) is 3.74. The van der Waals surface area contributed by atoms with E-state index < -0.39 is 0 Å². The van der Waals surface area contributed by atoms with Crippen molar-refractivity contribution in [3.8, 4) is 5.75 Å². The van der Waals surface area contributed by atoms with Crippen molar-refractivity contribution < 1.29 is 9.47 Å². The number of methoxy groups -OCH3 is 1. The molecule has 2 aliphatic rings. The molecule has 4 heteroatoms. The number of hydrogen-bond acceptors (Lipinski definition) is 4. The Morgan fingerprint density at radius 3 is 2.70 bits per heavy atom.